The molecule has 0 aliphatic heterocycles. The van der Waals surface area contributed by atoms with Crippen LogP contribution in [0.2, 0.25) is 10.0 Å². The zero-order chi connectivity index (χ0) is 23.0. The Morgan fingerprint density at radius 3 is 2.42 bits per heavy atom. The van der Waals surface area contributed by atoms with E-state index in [9.17, 15) is 14.4 Å². The highest BCUT2D eigenvalue weighted by molar-refractivity contribution is 6.42. The van der Waals surface area contributed by atoms with E-state index < -0.39 is 0 Å². The Kier molecular flexibility index (Phi) is 9.15. The molecule has 0 aliphatic carbocycles. The van der Waals surface area contributed by atoms with Crippen molar-refractivity contribution in [3.8, 4) is 11.5 Å². The molecular weight excluding hydrogens is 443 g/mol. The molecule has 0 heterocycles. The number of Topliss-reactive ketones (excluding diaryl/α,β-unsaturated/α-hetero) is 1. The van der Waals surface area contributed by atoms with Crippen LogP contribution in [0.15, 0.2) is 36.4 Å². The molecule has 2 aromatic carbocycles. The average molecular weight is 467 g/mol. The smallest absolute Gasteiger partial charge is 0.243 e. The first kappa shape index (κ1) is 24.5. The molecule has 0 radical (unpaired) electrons. The summed E-state index contributed by atoms with van der Waals surface area (Å²) >= 11 is 11.8. The minimum absolute atomic E-state index is 0.0679. The molecule has 2 rings (SSSR count). The third-order valence-electron chi connectivity index (χ3n) is 4.37. The summed E-state index contributed by atoms with van der Waals surface area (Å²) in [6.45, 7) is 1.66. The van der Waals surface area contributed by atoms with Crippen molar-refractivity contribution in [3.05, 3.63) is 52.0 Å². The molecule has 9 heteroatoms. The predicted octanol–water partition coefficient (Wildman–Crippen LogP) is 4.46. The van der Waals surface area contributed by atoms with E-state index >= 15 is 0 Å². The van der Waals surface area contributed by atoms with Crippen LogP contribution in [0, 0.1) is 0 Å². The van der Waals surface area contributed by atoms with Gasteiger partial charge in [0.05, 0.1) is 30.3 Å². The Morgan fingerprint density at radius 1 is 1.03 bits per heavy atom. The van der Waals surface area contributed by atoms with E-state index in [-0.39, 0.29) is 37.2 Å². The van der Waals surface area contributed by atoms with Crippen LogP contribution in [0.1, 0.15) is 30.1 Å². The molecule has 31 heavy (non-hydrogen) atoms. The van der Waals surface area contributed by atoms with Crippen LogP contribution >= 0.6 is 23.2 Å². The van der Waals surface area contributed by atoms with Crippen molar-refractivity contribution in [3.63, 3.8) is 0 Å². The summed E-state index contributed by atoms with van der Waals surface area (Å²) < 4.78 is 10.9. The van der Waals surface area contributed by atoms with E-state index in [2.05, 4.69) is 5.32 Å². The van der Waals surface area contributed by atoms with Crippen LogP contribution in [-0.2, 0) is 9.59 Å². The fourth-order valence-electron chi connectivity index (χ4n) is 2.68. The lowest BCUT2D eigenvalue weighted by atomic mass is 10.1. The molecule has 0 spiro atoms. The largest absolute Gasteiger partial charge is 0.493 e. The Labute approximate surface area is 191 Å². The van der Waals surface area contributed by atoms with Crippen LogP contribution in [-0.4, -0.2) is 49.8 Å². The Bertz CT molecular complexity index is 965. The van der Waals surface area contributed by atoms with Gasteiger partial charge in [-0.15, -0.1) is 0 Å². The predicted molar refractivity (Wildman–Crippen MR) is 120 cm³/mol. The maximum atomic E-state index is 12.3. The molecular formula is C22H24Cl2N2O5. The molecule has 0 saturated carbocycles. The summed E-state index contributed by atoms with van der Waals surface area (Å²) in [5, 5.41) is 3.39. The van der Waals surface area contributed by atoms with E-state index in [0.717, 1.165) is 0 Å². The number of anilines is 1. The first-order valence-corrected chi connectivity index (χ1v) is 10.3. The molecule has 0 fully saturated rings. The topological polar surface area (TPSA) is 84.9 Å². The van der Waals surface area contributed by atoms with Gasteiger partial charge in [-0.3, -0.25) is 14.4 Å². The number of likely N-dealkylation sites (N-methyl/N-ethyl adjacent to an activating group) is 1. The second-order valence-corrected chi connectivity index (χ2v) is 7.62. The maximum absolute atomic E-state index is 12.3. The SMILES string of the molecule is COc1cc(C(C)=O)ccc1OCCCC(=O)N(C)CC(=O)Nc1ccc(Cl)c(Cl)c1. The molecule has 0 saturated heterocycles. The van der Waals surface area contributed by atoms with Crippen molar-refractivity contribution >= 4 is 46.5 Å². The van der Waals surface area contributed by atoms with Gasteiger partial charge >= 0.3 is 0 Å². The summed E-state index contributed by atoms with van der Waals surface area (Å²) in [4.78, 5) is 37.2. The Balaban J connectivity index is 1.77. The first-order chi connectivity index (χ1) is 14.7. The highest BCUT2D eigenvalue weighted by Gasteiger charge is 2.14. The number of carbonyl (C=O) groups is 3. The zero-order valence-electron chi connectivity index (χ0n) is 17.5. The molecule has 0 aliphatic rings. The van der Waals surface area contributed by atoms with E-state index in [1.54, 1.807) is 37.4 Å². The quantitative estimate of drug-likeness (QED) is 0.412. The summed E-state index contributed by atoms with van der Waals surface area (Å²) in [5.74, 6) is 0.346. The number of hydrogen-bond acceptors (Lipinski definition) is 5. The average Bonchev–Trinajstić information content (AvgIpc) is 2.73. The number of nitrogens with one attached hydrogen (secondary N) is 1. The molecule has 166 valence electrons. The lowest BCUT2D eigenvalue weighted by molar-refractivity contribution is -0.133. The van der Waals surface area contributed by atoms with Gasteiger partial charge in [0.2, 0.25) is 11.8 Å². The lowest BCUT2D eigenvalue weighted by Crippen LogP contribution is -2.35. The number of rotatable bonds is 10. The molecule has 0 unspecified atom stereocenters. The molecule has 0 atom stereocenters. The number of carbonyl (C=O) groups excluding carboxylic acids is 3. The van der Waals surface area contributed by atoms with Gasteiger partial charge in [0.1, 0.15) is 0 Å². The molecule has 0 bridgehead atoms. The molecule has 2 amide bonds. The summed E-state index contributed by atoms with van der Waals surface area (Å²) in [5.41, 5.74) is 1.03. The number of nitrogens with zero attached hydrogens (tertiary/aromatic N) is 1. The third kappa shape index (κ3) is 7.45. The number of amides is 2. The molecule has 0 aromatic heterocycles. The van der Waals surface area contributed by atoms with Crippen molar-refractivity contribution in [1.29, 1.82) is 0 Å². The third-order valence-corrected chi connectivity index (χ3v) is 5.11. The fraction of sp³-hybridized carbons (Fsp3) is 0.318. The second-order valence-electron chi connectivity index (χ2n) is 6.80. The Morgan fingerprint density at radius 2 is 1.77 bits per heavy atom. The summed E-state index contributed by atoms with van der Waals surface area (Å²) in [7, 11) is 3.05. The second kappa shape index (κ2) is 11.6. The monoisotopic (exact) mass is 466 g/mol. The van der Waals surface area contributed by atoms with E-state index in [0.29, 0.717) is 39.2 Å². The summed E-state index contributed by atoms with van der Waals surface area (Å²) in [6, 6.07) is 9.68. The van der Waals surface area contributed by atoms with Crippen LogP contribution in [0.25, 0.3) is 0 Å². The molecule has 1 N–H and O–H groups in total. The van der Waals surface area contributed by atoms with Gasteiger partial charge in [0.25, 0.3) is 0 Å². The van der Waals surface area contributed by atoms with Gasteiger partial charge in [0.15, 0.2) is 17.3 Å². The maximum Gasteiger partial charge on any atom is 0.243 e. The minimum Gasteiger partial charge on any atom is -0.493 e. The van der Waals surface area contributed by atoms with Crippen molar-refractivity contribution in [2.45, 2.75) is 19.8 Å². The number of benzene rings is 2. The highest BCUT2D eigenvalue weighted by atomic mass is 35.5. The van der Waals surface area contributed by atoms with Crippen molar-refractivity contribution in [1.82, 2.24) is 4.90 Å². The highest BCUT2D eigenvalue weighted by Crippen LogP contribution is 2.28. The van der Waals surface area contributed by atoms with Gasteiger partial charge in [-0.05, 0) is 49.7 Å². The number of methoxy groups -OCH3 is 1. The van der Waals surface area contributed by atoms with Crippen LogP contribution in [0.3, 0.4) is 0 Å². The van der Waals surface area contributed by atoms with Gasteiger partial charge in [-0.25, -0.2) is 0 Å². The van der Waals surface area contributed by atoms with Gasteiger partial charge in [-0.1, -0.05) is 23.2 Å². The van der Waals surface area contributed by atoms with Crippen molar-refractivity contribution in [2.75, 3.05) is 32.6 Å². The summed E-state index contributed by atoms with van der Waals surface area (Å²) in [6.07, 6.45) is 0.666. The van der Waals surface area contributed by atoms with E-state index in [1.807, 2.05) is 0 Å². The first-order valence-electron chi connectivity index (χ1n) is 9.52. The number of ketones is 1. The van der Waals surface area contributed by atoms with E-state index in [1.165, 1.54) is 25.0 Å². The molecule has 7 nitrogen and oxygen atoms in total. The minimum atomic E-state index is -0.346. The molecule has 2 aromatic rings. The van der Waals surface area contributed by atoms with Gasteiger partial charge < -0.3 is 19.7 Å². The zero-order valence-corrected chi connectivity index (χ0v) is 19.0. The van der Waals surface area contributed by atoms with Crippen molar-refractivity contribution in [2.24, 2.45) is 0 Å². The normalized spacial score (nSPS) is 10.4. The lowest BCUT2D eigenvalue weighted by Gasteiger charge is -2.17. The van der Waals surface area contributed by atoms with Crippen LogP contribution in [0.4, 0.5) is 5.69 Å². The van der Waals surface area contributed by atoms with Crippen LogP contribution < -0.4 is 14.8 Å². The Hall–Kier alpha value is -2.77. The van der Waals surface area contributed by atoms with E-state index in [4.69, 9.17) is 32.7 Å². The standard InChI is InChI=1S/C22H24Cl2N2O5/c1-14(27)15-6-9-19(20(11-15)30-3)31-10-4-5-22(29)26(2)13-21(28)25-16-7-8-17(23)18(24)12-16/h6-9,11-12H,4-5,10,13H2,1-3H3,(H,25,28). The van der Waals surface area contributed by atoms with Crippen molar-refractivity contribution < 1.29 is 23.9 Å². The van der Waals surface area contributed by atoms with Gasteiger partial charge in [-0.2, -0.15) is 0 Å². The van der Waals surface area contributed by atoms with Crippen LogP contribution in [0.5, 0.6) is 11.5 Å². The number of hydrogen-bond donors (Lipinski definition) is 1. The number of ether oxygens (including phenoxy) is 2. The van der Waals surface area contributed by atoms with Gasteiger partial charge in [0, 0.05) is 24.7 Å². The number of halogens is 2. The fourth-order valence-corrected chi connectivity index (χ4v) is 2.98.